The maximum atomic E-state index is 14.9. The molecule has 0 amide bonds. The van der Waals surface area contributed by atoms with E-state index in [-0.39, 0.29) is 5.82 Å². The first-order chi connectivity index (χ1) is 15.3. The number of aromatic nitrogens is 1. The Morgan fingerprint density at radius 3 is 2.56 bits per heavy atom. The maximum absolute atomic E-state index is 14.9. The van der Waals surface area contributed by atoms with Gasteiger partial charge in [-0.05, 0) is 69.9 Å². The van der Waals surface area contributed by atoms with Gasteiger partial charge in [-0.3, -0.25) is 20.1 Å². The zero-order chi connectivity index (χ0) is 23.8. The van der Waals surface area contributed by atoms with Crippen LogP contribution < -0.4 is 10.5 Å². The molecule has 3 N–H and O–H groups in total. The lowest BCUT2D eigenvalue weighted by Gasteiger charge is -2.19. The molecule has 1 aliphatic heterocycles. The number of hydrogen-bond acceptors (Lipinski definition) is 6. The summed E-state index contributed by atoms with van der Waals surface area (Å²) in [6, 6.07) is 5.08. The highest BCUT2D eigenvalue weighted by molar-refractivity contribution is 7.77. The number of hydrogen-bond donors (Lipinski definition) is 3. The number of nitrogens with two attached hydrogens (primary N) is 1. The number of rotatable bonds is 5. The van der Waals surface area contributed by atoms with Gasteiger partial charge in [-0.15, -0.1) is 12.8 Å². The molecule has 32 heavy (non-hydrogen) atoms. The van der Waals surface area contributed by atoms with Crippen LogP contribution in [-0.4, -0.2) is 37.0 Å². The standard InChI is InChI=1S/C23H23ClFN5.H3NS/c1-13-6-22(25)21(20-8-17(24)11-28-14(20)2)9-18(13)19-7-16(10-26-4)23(29-12-27-5)30-15(19)3;1-2/h6-11,27H,4,12H2,1-3,5H3;2H,1H2/b16-10-,29-23+;. The van der Waals surface area contributed by atoms with Gasteiger partial charge in [0.1, 0.15) is 5.82 Å². The zero-order valence-electron chi connectivity index (χ0n) is 18.4. The highest BCUT2D eigenvalue weighted by Gasteiger charge is 2.20. The van der Waals surface area contributed by atoms with Crippen molar-refractivity contribution >= 4 is 48.3 Å². The molecule has 0 atom stereocenters. The molecule has 168 valence electrons. The minimum absolute atomic E-state index is 0.325. The predicted octanol–water partition coefficient (Wildman–Crippen LogP) is 4.97. The fourth-order valence-electron chi connectivity index (χ4n) is 3.30. The van der Waals surface area contributed by atoms with Crippen molar-refractivity contribution in [2.24, 2.45) is 20.1 Å². The molecule has 2 heterocycles. The second-order valence-corrected chi connectivity index (χ2v) is 7.39. The average Bonchev–Trinajstić information content (AvgIpc) is 2.77. The molecule has 0 fully saturated rings. The topological polar surface area (TPSA) is 88.0 Å². The summed E-state index contributed by atoms with van der Waals surface area (Å²) in [6.07, 6.45) is 5.13. The molecular weight excluding hydrogens is 447 g/mol. The number of nitrogens with zero attached hydrogens (tertiary/aromatic N) is 4. The van der Waals surface area contributed by atoms with Gasteiger partial charge in [0.25, 0.3) is 0 Å². The summed E-state index contributed by atoms with van der Waals surface area (Å²) in [5, 5.41) is 7.63. The second kappa shape index (κ2) is 11.8. The van der Waals surface area contributed by atoms with Gasteiger partial charge in [0, 0.05) is 46.1 Å². The lowest BCUT2D eigenvalue weighted by atomic mass is 9.90. The third-order valence-corrected chi connectivity index (χ3v) is 4.99. The molecule has 6 nitrogen and oxygen atoms in total. The third kappa shape index (κ3) is 5.77. The molecule has 0 unspecified atom stereocenters. The van der Waals surface area contributed by atoms with Crippen LogP contribution in [0.5, 0.6) is 0 Å². The van der Waals surface area contributed by atoms with Gasteiger partial charge in [-0.2, -0.15) is 0 Å². The fourth-order valence-corrected chi connectivity index (χ4v) is 3.46. The number of amidine groups is 1. The van der Waals surface area contributed by atoms with Gasteiger partial charge in [0.2, 0.25) is 0 Å². The molecule has 0 saturated heterocycles. The normalized spacial score (nSPS) is 15.8. The van der Waals surface area contributed by atoms with Crippen LogP contribution in [0.4, 0.5) is 4.39 Å². The quantitative estimate of drug-likeness (QED) is 0.424. The lowest BCUT2D eigenvalue weighted by Crippen LogP contribution is -2.15. The minimum Gasteiger partial charge on any atom is -0.301 e. The Bertz CT molecular complexity index is 1140. The first-order valence-corrected chi connectivity index (χ1v) is 10.6. The molecule has 0 radical (unpaired) electrons. The van der Waals surface area contributed by atoms with Crippen LogP contribution in [0.15, 0.2) is 57.2 Å². The molecule has 9 heteroatoms. The highest BCUT2D eigenvalue weighted by atomic mass is 35.5. The van der Waals surface area contributed by atoms with Crippen molar-refractivity contribution in [1.82, 2.24) is 10.3 Å². The van der Waals surface area contributed by atoms with Crippen LogP contribution in [0.3, 0.4) is 0 Å². The van der Waals surface area contributed by atoms with Crippen molar-refractivity contribution in [2.75, 3.05) is 13.7 Å². The summed E-state index contributed by atoms with van der Waals surface area (Å²) >= 11 is 9.14. The van der Waals surface area contributed by atoms with Crippen LogP contribution in [0.25, 0.3) is 16.7 Å². The molecule has 1 aromatic heterocycles. The van der Waals surface area contributed by atoms with Gasteiger partial charge in [-0.1, -0.05) is 11.6 Å². The van der Waals surface area contributed by atoms with E-state index in [0.717, 1.165) is 28.0 Å². The van der Waals surface area contributed by atoms with Gasteiger partial charge in [-0.25, -0.2) is 9.38 Å². The van der Waals surface area contributed by atoms with Crippen LogP contribution in [0.1, 0.15) is 23.7 Å². The lowest BCUT2D eigenvalue weighted by molar-refractivity contribution is 0.629. The van der Waals surface area contributed by atoms with Gasteiger partial charge >= 0.3 is 0 Å². The minimum atomic E-state index is -0.325. The molecule has 1 aromatic carbocycles. The molecule has 1 aliphatic rings. The second-order valence-electron chi connectivity index (χ2n) is 6.95. The smallest absolute Gasteiger partial charge is 0.157 e. The molecule has 0 aliphatic carbocycles. The van der Waals surface area contributed by atoms with Crippen LogP contribution in [0, 0.1) is 19.7 Å². The van der Waals surface area contributed by atoms with Crippen molar-refractivity contribution in [1.29, 1.82) is 0 Å². The van der Waals surface area contributed by atoms with Crippen LogP contribution >= 0.6 is 24.4 Å². The SMILES string of the molecule is C=N/C=C1/C=C(c2cc(-c3cc(Cl)cnc3C)c(F)cc2C)C(C)=N/C1=N/CNC.NS. The molecule has 0 spiro atoms. The van der Waals surface area contributed by atoms with E-state index < -0.39 is 0 Å². The number of nitrogens with one attached hydrogen (secondary N) is 1. The molecule has 0 saturated carbocycles. The van der Waals surface area contributed by atoms with Crippen molar-refractivity contribution in [3.8, 4) is 11.1 Å². The van der Waals surface area contributed by atoms with Crippen molar-refractivity contribution in [2.45, 2.75) is 20.8 Å². The summed E-state index contributed by atoms with van der Waals surface area (Å²) in [5.41, 5.74) is 5.87. The zero-order valence-corrected chi connectivity index (χ0v) is 20.1. The maximum Gasteiger partial charge on any atom is 0.157 e. The van der Waals surface area contributed by atoms with E-state index >= 15 is 0 Å². The number of aliphatic imine (C=N–C) groups is 3. The van der Waals surface area contributed by atoms with E-state index in [1.165, 1.54) is 6.07 Å². The molecule has 3 rings (SSSR count). The number of dihydropyridines is 1. The van der Waals surface area contributed by atoms with E-state index in [2.05, 4.69) is 49.9 Å². The molecular formula is C23H26ClFN6S. The number of aryl methyl sites for hydroxylation is 2. The Hall–Kier alpha value is -2.65. The third-order valence-electron chi connectivity index (χ3n) is 4.79. The Balaban J connectivity index is 0.00000176. The van der Waals surface area contributed by atoms with Crippen LogP contribution in [-0.2, 0) is 0 Å². The molecule has 0 bridgehead atoms. The van der Waals surface area contributed by atoms with E-state index in [9.17, 15) is 4.39 Å². The Kier molecular flexibility index (Phi) is 9.46. The van der Waals surface area contributed by atoms with Crippen molar-refractivity contribution < 1.29 is 4.39 Å². The number of benzene rings is 1. The average molecular weight is 473 g/mol. The summed E-state index contributed by atoms with van der Waals surface area (Å²) in [5.74, 6) is 0.252. The van der Waals surface area contributed by atoms with Gasteiger partial charge in [0.05, 0.1) is 11.7 Å². The van der Waals surface area contributed by atoms with Crippen molar-refractivity contribution in [3.05, 3.63) is 69.9 Å². The Morgan fingerprint density at radius 1 is 1.19 bits per heavy atom. The van der Waals surface area contributed by atoms with Crippen molar-refractivity contribution in [3.63, 3.8) is 0 Å². The van der Waals surface area contributed by atoms with E-state index in [4.69, 9.17) is 11.6 Å². The summed E-state index contributed by atoms with van der Waals surface area (Å²) in [6.45, 7) is 9.59. The summed E-state index contributed by atoms with van der Waals surface area (Å²) in [4.78, 5) is 17.2. The van der Waals surface area contributed by atoms with E-state index in [0.29, 0.717) is 34.3 Å². The van der Waals surface area contributed by atoms with Gasteiger partial charge in [0.15, 0.2) is 5.84 Å². The summed E-state index contributed by atoms with van der Waals surface area (Å²) in [7, 11) is 1.82. The Labute approximate surface area is 198 Å². The van der Waals surface area contributed by atoms with E-state index in [1.807, 2.05) is 40.0 Å². The highest BCUT2D eigenvalue weighted by Crippen LogP contribution is 2.34. The number of halogens is 2. The van der Waals surface area contributed by atoms with Crippen LogP contribution in [0.2, 0.25) is 5.02 Å². The predicted molar refractivity (Wildman–Crippen MR) is 137 cm³/mol. The largest absolute Gasteiger partial charge is 0.301 e. The Morgan fingerprint density at radius 2 is 1.91 bits per heavy atom. The number of thiol groups is 1. The monoisotopic (exact) mass is 472 g/mol. The van der Waals surface area contributed by atoms with Gasteiger partial charge < -0.3 is 5.32 Å². The number of pyridine rings is 1. The first-order valence-electron chi connectivity index (χ1n) is 9.67. The fraction of sp³-hybridized carbons (Fsp3) is 0.217. The van der Waals surface area contributed by atoms with E-state index in [1.54, 1.807) is 18.5 Å². The first kappa shape index (κ1) is 25.6. The molecule has 2 aromatic rings. The number of allylic oxidation sites excluding steroid dienone is 1. The summed E-state index contributed by atoms with van der Waals surface area (Å²) < 4.78 is 14.9.